The minimum Gasteiger partial charge on any atom is -0.497 e. The molecule has 1 heterocycles. The van der Waals surface area contributed by atoms with Crippen molar-refractivity contribution >= 4 is 28.7 Å². The number of aromatic nitrogens is 2. The van der Waals surface area contributed by atoms with Crippen LogP contribution in [-0.2, 0) is 6.54 Å². The third-order valence-corrected chi connectivity index (χ3v) is 3.09. The largest absolute Gasteiger partial charge is 0.497 e. The Kier molecular flexibility index (Phi) is 3.53. The molecule has 4 nitrogen and oxygen atoms in total. The smallest absolute Gasteiger partial charge is 0.204 e. The minimum atomic E-state index is 0.678. The molecule has 2 N–H and O–H groups in total. The van der Waals surface area contributed by atoms with Gasteiger partial charge in [0.2, 0.25) is 5.13 Å². The lowest BCUT2D eigenvalue weighted by atomic mass is 10.2. The Labute approximate surface area is 102 Å². The Morgan fingerprint density at radius 2 is 2.19 bits per heavy atom. The molecular weight excluding hydrogens is 242 g/mol. The van der Waals surface area contributed by atoms with E-state index in [9.17, 15) is 0 Å². The summed E-state index contributed by atoms with van der Waals surface area (Å²) in [5, 5.41) is 10.7. The summed E-state index contributed by atoms with van der Waals surface area (Å²) in [6.07, 6.45) is 0. The van der Waals surface area contributed by atoms with Crippen LogP contribution in [0.15, 0.2) is 24.3 Å². The molecule has 0 aliphatic heterocycles. The van der Waals surface area contributed by atoms with Crippen LogP contribution >= 0.6 is 23.6 Å². The fraction of sp³-hybridized carbons (Fsp3) is 0.200. The van der Waals surface area contributed by atoms with Gasteiger partial charge in [0.25, 0.3) is 0 Å². The molecule has 1 aromatic heterocycles. The van der Waals surface area contributed by atoms with Gasteiger partial charge in [-0.05, 0) is 29.9 Å². The molecule has 0 unspecified atom stereocenters. The Hall–Kier alpha value is -1.40. The number of hydrogen-bond donors (Lipinski definition) is 2. The summed E-state index contributed by atoms with van der Waals surface area (Å²) in [7, 11) is 1.66. The van der Waals surface area contributed by atoms with Gasteiger partial charge < -0.3 is 10.1 Å². The van der Waals surface area contributed by atoms with Crippen LogP contribution in [0.4, 0.5) is 5.13 Å². The topological polar surface area (TPSA) is 49.9 Å². The predicted molar refractivity (Wildman–Crippen MR) is 67.6 cm³/mol. The van der Waals surface area contributed by atoms with Gasteiger partial charge in [0.15, 0.2) is 3.95 Å². The number of nitrogens with one attached hydrogen (secondary N) is 2. The normalized spacial score (nSPS) is 10.1. The molecule has 0 spiro atoms. The van der Waals surface area contributed by atoms with E-state index in [1.807, 2.05) is 24.3 Å². The van der Waals surface area contributed by atoms with Gasteiger partial charge in [0.1, 0.15) is 5.75 Å². The Bertz CT molecular complexity index is 503. The highest BCUT2D eigenvalue weighted by Gasteiger charge is 1.97. The summed E-state index contributed by atoms with van der Waals surface area (Å²) in [5.41, 5.74) is 1.17. The SMILES string of the molecule is COc1ccc(CNc2n[nH]c(=S)s2)cc1. The van der Waals surface area contributed by atoms with Crippen molar-refractivity contribution in [2.24, 2.45) is 0 Å². The van der Waals surface area contributed by atoms with Crippen LogP contribution in [0.2, 0.25) is 0 Å². The summed E-state index contributed by atoms with van der Waals surface area (Å²) < 4.78 is 5.76. The van der Waals surface area contributed by atoms with Crippen molar-refractivity contribution < 1.29 is 4.74 Å². The van der Waals surface area contributed by atoms with Gasteiger partial charge in [-0.15, -0.1) is 5.10 Å². The first-order valence-electron chi connectivity index (χ1n) is 4.70. The summed E-state index contributed by atoms with van der Waals surface area (Å²) in [6.45, 7) is 0.722. The standard InChI is InChI=1S/C10H11N3OS2/c1-14-8-4-2-7(3-5-8)6-11-9-12-13-10(15)16-9/h2-5H,6H2,1H3,(H,11,12)(H,13,15). The Morgan fingerprint density at radius 3 is 2.75 bits per heavy atom. The van der Waals surface area contributed by atoms with Crippen molar-refractivity contribution in [3.63, 3.8) is 0 Å². The van der Waals surface area contributed by atoms with Crippen LogP contribution in [-0.4, -0.2) is 17.3 Å². The molecule has 0 atom stereocenters. The highest BCUT2D eigenvalue weighted by Crippen LogP contribution is 2.14. The number of hydrogen-bond acceptors (Lipinski definition) is 5. The molecule has 0 aliphatic rings. The lowest BCUT2D eigenvalue weighted by Gasteiger charge is -2.03. The molecule has 0 fully saturated rings. The van der Waals surface area contributed by atoms with E-state index in [1.54, 1.807) is 7.11 Å². The first kappa shape index (κ1) is 11.1. The van der Waals surface area contributed by atoms with E-state index in [-0.39, 0.29) is 0 Å². The number of aromatic amines is 1. The molecule has 0 radical (unpaired) electrons. The number of anilines is 1. The summed E-state index contributed by atoms with van der Waals surface area (Å²) in [4.78, 5) is 0. The van der Waals surface area contributed by atoms with Gasteiger partial charge in [0.05, 0.1) is 7.11 Å². The van der Waals surface area contributed by atoms with Gasteiger partial charge >= 0.3 is 0 Å². The van der Waals surface area contributed by atoms with Crippen molar-refractivity contribution in [2.45, 2.75) is 6.54 Å². The van der Waals surface area contributed by atoms with E-state index in [0.29, 0.717) is 3.95 Å². The lowest BCUT2D eigenvalue weighted by molar-refractivity contribution is 0.414. The van der Waals surface area contributed by atoms with E-state index in [4.69, 9.17) is 17.0 Å². The number of benzene rings is 1. The van der Waals surface area contributed by atoms with Crippen molar-refractivity contribution in [3.8, 4) is 5.75 Å². The zero-order valence-corrected chi connectivity index (χ0v) is 10.3. The van der Waals surface area contributed by atoms with Gasteiger partial charge in [-0.1, -0.05) is 23.5 Å². The van der Waals surface area contributed by atoms with E-state index >= 15 is 0 Å². The molecule has 84 valence electrons. The second-order valence-electron chi connectivity index (χ2n) is 3.12. The van der Waals surface area contributed by atoms with Crippen LogP contribution in [0, 0.1) is 3.95 Å². The Balaban J connectivity index is 1.96. The number of ether oxygens (including phenoxy) is 1. The summed E-state index contributed by atoms with van der Waals surface area (Å²) in [5.74, 6) is 0.860. The van der Waals surface area contributed by atoms with Crippen LogP contribution in [0.3, 0.4) is 0 Å². The quantitative estimate of drug-likeness (QED) is 0.823. The molecule has 1 aromatic carbocycles. The van der Waals surface area contributed by atoms with E-state index in [0.717, 1.165) is 17.4 Å². The molecule has 0 aliphatic carbocycles. The van der Waals surface area contributed by atoms with Gasteiger partial charge in [0, 0.05) is 6.54 Å². The number of rotatable bonds is 4. The highest BCUT2D eigenvalue weighted by atomic mass is 32.1. The maximum atomic E-state index is 5.09. The molecular formula is C10H11N3OS2. The Morgan fingerprint density at radius 1 is 1.44 bits per heavy atom. The molecule has 0 amide bonds. The van der Waals surface area contributed by atoms with Gasteiger partial charge in [-0.2, -0.15) is 0 Å². The third-order valence-electron chi connectivity index (χ3n) is 2.04. The van der Waals surface area contributed by atoms with E-state index in [2.05, 4.69) is 15.5 Å². The predicted octanol–water partition coefficient (Wildman–Crippen LogP) is 2.82. The average Bonchev–Trinajstić information content (AvgIpc) is 2.73. The number of H-pyrrole nitrogens is 1. The maximum Gasteiger partial charge on any atom is 0.204 e. The van der Waals surface area contributed by atoms with Crippen molar-refractivity contribution in [2.75, 3.05) is 12.4 Å². The van der Waals surface area contributed by atoms with Crippen molar-refractivity contribution in [1.29, 1.82) is 0 Å². The van der Waals surface area contributed by atoms with Crippen LogP contribution < -0.4 is 10.1 Å². The minimum absolute atomic E-state index is 0.678. The zero-order valence-electron chi connectivity index (χ0n) is 8.69. The zero-order chi connectivity index (χ0) is 11.4. The number of methoxy groups -OCH3 is 1. The molecule has 0 saturated heterocycles. The fourth-order valence-electron chi connectivity index (χ4n) is 1.23. The molecule has 0 saturated carbocycles. The van der Waals surface area contributed by atoms with Crippen LogP contribution in [0.25, 0.3) is 0 Å². The van der Waals surface area contributed by atoms with Crippen molar-refractivity contribution in [3.05, 3.63) is 33.8 Å². The van der Waals surface area contributed by atoms with E-state index < -0.39 is 0 Å². The highest BCUT2D eigenvalue weighted by molar-refractivity contribution is 7.73. The maximum absolute atomic E-state index is 5.09. The molecule has 0 bridgehead atoms. The third kappa shape index (κ3) is 2.80. The first-order chi connectivity index (χ1) is 7.78. The average molecular weight is 253 g/mol. The first-order valence-corrected chi connectivity index (χ1v) is 5.93. The summed E-state index contributed by atoms with van der Waals surface area (Å²) in [6, 6.07) is 7.89. The molecule has 2 aromatic rings. The number of nitrogens with zero attached hydrogens (tertiary/aromatic N) is 1. The van der Waals surface area contributed by atoms with E-state index in [1.165, 1.54) is 16.9 Å². The van der Waals surface area contributed by atoms with Crippen LogP contribution in [0.1, 0.15) is 5.56 Å². The molecule has 2 rings (SSSR count). The second-order valence-corrected chi connectivity index (χ2v) is 4.79. The fourth-order valence-corrected chi connectivity index (χ4v) is 2.01. The summed E-state index contributed by atoms with van der Waals surface area (Å²) >= 11 is 6.37. The molecule has 6 heteroatoms. The lowest BCUT2D eigenvalue weighted by Crippen LogP contribution is -1.98. The van der Waals surface area contributed by atoms with Crippen LogP contribution in [0.5, 0.6) is 5.75 Å². The second kappa shape index (κ2) is 5.09. The molecule has 16 heavy (non-hydrogen) atoms. The van der Waals surface area contributed by atoms with Gasteiger partial charge in [-0.3, -0.25) is 5.10 Å². The van der Waals surface area contributed by atoms with Gasteiger partial charge in [-0.25, -0.2) is 0 Å². The van der Waals surface area contributed by atoms with Crippen molar-refractivity contribution in [1.82, 2.24) is 10.2 Å². The monoisotopic (exact) mass is 253 g/mol.